The first-order valence-electron chi connectivity index (χ1n) is 14.0. The van der Waals surface area contributed by atoms with Crippen molar-refractivity contribution < 1.29 is 14.6 Å². The van der Waals surface area contributed by atoms with E-state index in [9.17, 15) is 9.90 Å². The summed E-state index contributed by atoms with van der Waals surface area (Å²) in [6.45, 7) is 14.5. The Hall–Kier alpha value is -4.52. The highest BCUT2D eigenvalue weighted by atomic mass is 16.5. The van der Waals surface area contributed by atoms with Crippen LogP contribution in [0.5, 0.6) is 0 Å². The molecule has 0 fully saturated rings. The van der Waals surface area contributed by atoms with Crippen molar-refractivity contribution >= 4 is 41.3 Å². The van der Waals surface area contributed by atoms with Gasteiger partial charge in [0.15, 0.2) is 0 Å². The second kappa shape index (κ2) is 9.84. The Morgan fingerprint density at radius 2 is 1.73 bits per heavy atom. The van der Waals surface area contributed by atoms with E-state index in [1.54, 1.807) is 0 Å². The van der Waals surface area contributed by atoms with Crippen LogP contribution in [-0.2, 0) is 9.53 Å². The van der Waals surface area contributed by atoms with Crippen LogP contribution in [0.3, 0.4) is 0 Å². The van der Waals surface area contributed by atoms with E-state index in [1.807, 2.05) is 26.0 Å². The maximum Gasteiger partial charge on any atom is 0.305 e. The lowest BCUT2D eigenvalue weighted by molar-refractivity contribution is -0.140. The number of carbonyl (C=O) groups excluding carboxylic acids is 1. The summed E-state index contributed by atoms with van der Waals surface area (Å²) in [5.74, 6) is 0.0216. The van der Waals surface area contributed by atoms with Gasteiger partial charge in [-0.3, -0.25) is 4.79 Å². The minimum Gasteiger partial charge on any atom is -0.511 e. The molecule has 1 aromatic heterocycles. The number of rotatable bonds is 5. The number of aliphatic imine (C=N–C) groups is 3. The van der Waals surface area contributed by atoms with Crippen LogP contribution in [0.2, 0.25) is 0 Å². The Morgan fingerprint density at radius 1 is 1.02 bits per heavy atom. The van der Waals surface area contributed by atoms with Gasteiger partial charge >= 0.3 is 5.97 Å². The van der Waals surface area contributed by atoms with Crippen molar-refractivity contribution in [2.24, 2.45) is 15.0 Å². The fourth-order valence-electron chi connectivity index (χ4n) is 6.35. The maximum absolute atomic E-state index is 12.1. The minimum absolute atomic E-state index is 0.239. The van der Waals surface area contributed by atoms with Crippen LogP contribution < -0.4 is 10.7 Å². The Kier molecular flexibility index (Phi) is 6.40. The van der Waals surface area contributed by atoms with Gasteiger partial charge in [-0.05, 0) is 92.2 Å². The molecule has 0 unspecified atom stereocenters. The van der Waals surface area contributed by atoms with E-state index in [2.05, 4.69) is 44.5 Å². The van der Waals surface area contributed by atoms with Crippen LogP contribution in [0.25, 0.3) is 18.2 Å². The molecule has 4 aliphatic heterocycles. The Balaban J connectivity index is 1.67. The van der Waals surface area contributed by atoms with Crippen molar-refractivity contribution in [2.45, 2.75) is 60.3 Å². The molecule has 1 aromatic rings. The van der Waals surface area contributed by atoms with Crippen LogP contribution in [0.1, 0.15) is 64.5 Å². The lowest BCUT2D eigenvalue weighted by atomic mass is 9.96. The summed E-state index contributed by atoms with van der Waals surface area (Å²) in [5, 5.41) is 13.0. The van der Waals surface area contributed by atoms with E-state index in [1.165, 1.54) is 12.7 Å². The van der Waals surface area contributed by atoms with Gasteiger partial charge in [-0.2, -0.15) is 0 Å². The molecule has 8 bridgehead atoms. The van der Waals surface area contributed by atoms with Gasteiger partial charge in [0, 0.05) is 40.2 Å². The van der Waals surface area contributed by atoms with Gasteiger partial charge in [0.2, 0.25) is 0 Å². The molecule has 5 aliphatic rings. The van der Waals surface area contributed by atoms with Gasteiger partial charge in [-0.1, -0.05) is 19.6 Å². The van der Waals surface area contributed by atoms with E-state index < -0.39 is 0 Å². The van der Waals surface area contributed by atoms with Crippen LogP contribution in [-0.4, -0.2) is 40.3 Å². The molecule has 0 amide bonds. The van der Waals surface area contributed by atoms with Crippen LogP contribution in [0.15, 0.2) is 89.5 Å². The largest absolute Gasteiger partial charge is 0.511 e. The summed E-state index contributed by atoms with van der Waals surface area (Å²) in [5.41, 5.74) is 13.9. The number of hydrogen-bond acceptors (Lipinski definition) is 6. The molecule has 7 heteroatoms. The SMILES string of the molecule is C=Cc1c(C)c2[nH]c1=CC1=NC(=CC3=C(C)C4=C(O)CC(=C5N=C(C=2)C(C)=C5CCC(=O)OC)C4=N3)C(CC)=C1C. The lowest BCUT2D eigenvalue weighted by Crippen LogP contribution is -2.15. The molecule has 0 spiro atoms. The standard InChI is InChI=1S/C34H34N4O3/c1-8-20-16(3)24-13-26-18(5)22(10-11-31(40)41-7)33(37-26)23-12-30(39)32-19(6)27(38-34(23)32)15-29-21(9-2)17(4)25(36-29)14-28(20)35-24/h8,13-15,35,39H,1,9-12H2,2-7H3. The summed E-state index contributed by atoms with van der Waals surface area (Å²) in [4.78, 5) is 31.0. The highest BCUT2D eigenvalue weighted by Crippen LogP contribution is 2.44. The summed E-state index contributed by atoms with van der Waals surface area (Å²) >= 11 is 0. The number of aliphatic hydroxyl groups excluding tert-OH is 1. The third-order valence-corrected chi connectivity index (χ3v) is 8.74. The highest BCUT2D eigenvalue weighted by Gasteiger charge is 2.37. The molecule has 6 rings (SSSR count). The van der Waals surface area contributed by atoms with Gasteiger partial charge in [0.05, 0.1) is 41.3 Å². The Morgan fingerprint density at radius 3 is 2.44 bits per heavy atom. The molecule has 0 saturated heterocycles. The zero-order valence-electron chi connectivity index (χ0n) is 24.5. The monoisotopic (exact) mass is 546 g/mol. The first kappa shape index (κ1) is 26.7. The van der Waals surface area contributed by atoms with Gasteiger partial charge < -0.3 is 14.8 Å². The topological polar surface area (TPSA) is 99.4 Å². The number of fused-ring (bicyclic) bond motifs is 5. The van der Waals surface area contributed by atoms with Crippen molar-refractivity contribution in [2.75, 3.05) is 7.11 Å². The van der Waals surface area contributed by atoms with Crippen molar-refractivity contribution in [3.05, 3.63) is 96.3 Å². The quantitative estimate of drug-likeness (QED) is 0.475. The van der Waals surface area contributed by atoms with Crippen molar-refractivity contribution in [3.63, 3.8) is 0 Å². The number of esters is 1. The van der Waals surface area contributed by atoms with Gasteiger partial charge in [0.25, 0.3) is 0 Å². The number of methoxy groups -OCH3 is 1. The molecule has 41 heavy (non-hydrogen) atoms. The number of nitrogens with zero attached hydrogens (tertiary/aromatic N) is 3. The Bertz CT molecular complexity index is 1890. The molecule has 0 radical (unpaired) electrons. The molecule has 0 atom stereocenters. The lowest BCUT2D eigenvalue weighted by Gasteiger charge is -2.09. The van der Waals surface area contributed by atoms with E-state index in [-0.39, 0.29) is 12.4 Å². The van der Waals surface area contributed by atoms with Crippen molar-refractivity contribution in [3.8, 4) is 0 Å². The zero-order chi connectivity index (χ0) is 29.2. The fourth-order valence-corrected chi connectivity index (χ4v) is 6.35. The minimum atomic E-state index is -0.273. The van der Waals surface area contributed by atoms with Crippen LogP contribution in [0.4, 0.5) is 0 Å². The first-order chi connectivity index (χ1) is 19.7. The predicted octanol–water partition coefficient (Wildman–Crippen LogP) is 5.53. The third kappa shape index (κ3) is 4.10. The molecule has 0 saturated carbocycles. The molecule has 0 aromatic carbocycles. The summed E-state index contributed by atoms with van der Waals surface area (Å²) in [6, 6.07) is 0. The molecule has 7 nitrogen and oxygen atoms in total. The smallest absolute Gasteiger partial charge is 0.305 e. The van der Waals surface area contributed by atoms with E-state index in [0.29, 0.717) is 18.6 Å². The van der Waals surface area contributed by atoms with E-state index in [4.69, 9.17) is 19.7 Å². The fraction of sp³-hybridized carbons (Fsp3) is 0.294. The molecular formula is C34H34N4O3. The van der Waals surface area contributed by atoms with Gasteiger partial charge in [-0.15, -0.1) is 0 Å². The van der Waals surface area contributed by atoms with Crippen molar-refractivity contribution in [1.82, 2.24) is 4.98 Å². The molecule has 1 aliphatic carbocycles. The van der Waals surface area contributed by atoms with E-state index in [0.717, 1.165) is 95.9 Å². The summed E-state index contributed by atoms with van der Waals surface area (Å²) in [7, 11) is 1.40. The normalized spacial score (nSPS) is 19.5. The summed E-state index contributed by atoms with van der Waals surface area (Å²) < 4.78 is 4.94. The number of H-pyrrole nitrogens is 1. The number of carbonyl (C=O) groups is 1. The van der Waals surface area contributed by atoms with Crippen molar-refractivity contribution in [1.29, 1.82) is 0 Å². The number of ether oxygens (including phenoxy) is 1. The predicted molar refractivity (Wildman–Crippen MR) is 165 cm³/mol. The number of allylic oxidation sites excluding steroid dienone is 8. The van der Waals surface area contributed by atoms with Gasteiger partial charge in [-0.25, -0.2) is 15.0 Å². The molecule has 5 heterocycles. The highest BCUT2D eigenvalue weighted by molar-refractivity contribution is 6.26. The summed E-state index contributed by atoms with van der Waals surface area (Å²) in [6.07, 6.45) is 9.97. The molecular weight excluding hydrogens is 512 g/mol. The third-order valence-electron chi connectivity index (χ3n) is 8.74. The van der Waals surface area contributed by atoms with Crippen LogP contribution in [0, 0.1) is 6.92 Å². The van der Waals surface area contributed by atoms with E-state index >= 15 is 0 Å². The molecule has 208 valence electrons. The number of aliphatic hydroxyl groups is 1. The Labute approximate surface area is 239 Å². The molecule has 2 N–H and O–H groups in total. The van der Waals surface area contributed by atoms with Gasteiger partial charge in [0.1, 0.15) is 5.76 Å². The second-order valence-corrected chi connectivity index (χ2v) is 10.9. The average molecular weight is 547 g/mol. The van der Waals surface area contributed by atoms with Crippen LogP contribution >= 0.6 is 0 Å². The zero-order valence-corrected chi connectivity index (χ0v) is 24.5. The average Bonchev–Trinajstić information content (AvgIpc) is 3.70. The maximum atomic E-state index is 12.1. The first-order valence-corrected chi connectivity index (χ1v) is 14.0. The second-order valence-electron chi connectivity index (χ2n) is 10.9. The number of hydrogen-bond donors (Lipinski definition) is 2. The number of aromatic nitrogens is 1. The number of nitrogens with one attached hydrogen (secondary N) is 1. The number of aromatic amines is 1.